The summed E-state index contributed by atoms with van der Waals surface area (Å²) in [5.41, 5.74) is 2.56. The summed E-state index contributed by atoms with van der Waals surface area (Å²) in [5.74, 6) is 0.878. The molecule has 0 aromatic heterocycles. The molecule has 0 radical (unpaired) electrons. The van der Waals surface area contributed by atoms with Crippen LogP contribution in [-0.4, -0.2) is 32.0 Å². The van der Waals surface area contributed by atoms with Crippen molar-refractivity contribution in [1.82, 2.24) is 10.2 Å². The van der Waals surface area contributed by atoms with Gasteiger partial charge in [-0.25, -0.2) is 0 Å². The first-order valence-electron chi connectivity index (χ1n) is 5.12. The second kappa shape index (κ2) is 5.39. The Labute approximate surface area is 91.9 Å². The van der Waals surface area contributed by atoms with Crippen molar-refractivity contribution in [2.45, 2.75) is 13.3 Å². The molecule has 15 heavy (non-hydrogen) atoms. The Kier molecular flexibility index (Phi) is 4.16. The predicted molar refractivity (Wildman–Crippen MR) is 65.8 cm³/mol. The van der Waals surface area contributed by atoms with Crippen LogP contribution in [0.5, 0.6) is 0 Å². The summed E-state index contributed by atoms with van der Waals surface area (Å²) in [5, 5.41) is 3.07. The van der Waals surface area contributed by atoms with E-state index in [9.17, 15) is 0 Å². The lowest BCUT2D eigenvalue weighted by molar-refractivity contribution is 0.592. The third kappa shape index (κ3) is 2.72. The fourth-order valence-electron chi connectivity index (χ4n) is 1.59. The second-order valence-corrected chi connectivity index (χ2v) is 3.46. The number of guanidine groups is 1. The van der Waals surface area contributed by atoms with E-state index in [4.69, 9.17) is 0 Å². The van der Waals surface area contributed by atoms with Crippen LogP contribution in [0.4, 0.5) is 0 Å². The van der Waals surface area contributed by atoms with E-state index in [1.807, 2.05) is 14.1 Å². The molecule has 0 bridgehead atoms. The van der Waals surface area contributed by atoms with Crippen LogP contribution >= 0.6 is 0 Å². The minimum absolute atomic E-state index is 0.878. The molecule has 1 aliphatic rings. The van der Waals surface area contributed by atoms with Crippen LogP contribution in [0.25, 0.3) is 0 Å². The average molecular weight is 205 g/mol. The molecule has 0 heterocycles. The summed E-state index contributed by atoms with van der Waals surface area (Å²) in [6.45, 7) is 2.11. The zero-order chi connectivity index (χ0) is 11.3. The van der Waals surface area contributed by atoms with Gasteiger partial charge in [-0.1, -0.05) is 24.3 Å². The molecule has 1 rings (SSSR count). The van der Waals surface area contributed by atoms with Gasteiger partial charge >= 0.3 is 0 Å². The van der Waals surface area contributed by atoms with Crippen molar-refractivity contribution in [1.29, 1.82) is 0 Å². The van der Waals surface area contributed by atoms with Crippen LogP contribution in [0.2, 0.25) is 0 Å². The van der Waals surface area contributed by atoms with E-state index in [1.54, 1.807) is 7.05 Å². The van der Waals surface area contributed by atoms with Crippen LogP contribution in [0.3, 0.4) is 0 Å². The predicted octanol–water partition coefficient (Wildman–Crippen LogP) is 1.91. The molecule has 0 amide bonds. The molecule has 0 aliphatic heterocycles. The Morgan fingerprint density at radius 1 is 1.47 bits per heavy atom. The first-order valence-corrected chi connectivity index (χ1v) is 5.12. The maximum Gasteiger partial charge on any atom is 0.197 e. The molecule has 0 aromatic carbocycles. The van der Waals surface area contributed by atoms with Crippen molar-refractivity contribution in [3.8, 4) is 0 Å². The van der Waals surface area contributed by atoms with Crippen molar-refractivity contribution in [2.24, 2.45) is 4.99 Å². The fraction of sp³-hybridized carbons (Fsp3) is 0.417. The number of aliphatic imine (C=N–C) groups is 1. The number of allylic oxidation sites excluding steroid dienone is 6. The summed E-state index contributed by atoms with van der Waals surface area (Å²) >= 11 is 0. The molecule has 1 aliphatic carbocycles. The van der Waals surface area contributed by atoms with Gasteiger partial charge < -0.3 is 10.2 Å². The van der Waals surface area contributed by atoms with Crippen molar-refractivity contribution < 1.29 is 0 Å². The highest BCUT2D eigenvalue weighted by molar-refractivity contribution is 5.81. The Hall–Kier alpha value is -1.51. The molecule has 0 atom stereocenters. The third-order valence-electron chi connectivity index (χ3n) is 2.60. The molecular weight excluding hydrogens is 186 g/mol. The van der Waals surface area contributed by atoms with Crippen LogP contribution in [-0.2, 0) is 0 Å². The minimum Gasteiger partial charge on any atom is -0.359 e. The molecule has 3 heteroatoms. The molecule has 0 aromatic rings. The highest BCUT2D eigenvalue weighted by atomic mass is 15.3. The topological polar surface area (TPSA) is 27.6 Å². The van der Waals surface area contributed by atoms with Gasteiger partial charge in [0.05, 0.1) is 0 Å². The van der Waals surface area contributed by atoms with Gasteiger partial charge in [0, 0.05) is 26.8 Å². The zero-order valence-electron chi connectivity index (χ0n) is 9.91. The van der Waals surface area contributed by atoms with Gasteiger partial charge in [0.1, 0.15) is 0 Å². The Bertz CT molecular complexity index is 335. The maximum absolute atomic E-state index is 4.18. The first kappa shape index (κ1) is 11.6. The zero-order valence-corrected chi connectivity index (χ0v) is 9.91. The Morgan fingerprint density at radius 3 is 2.67 bits per heavy atom. The largest absolute Gasteiger partial charge is 0.359 e. The average Bonchev–Trinajstić information content (AvgIpc) is 2.30. The molecule has 0 unspecified atom stereocenters. The molecular formula is C12H19N3. The van der Waals surface area contributed by atoms with Crippen molar-refractivity contribution in [3.63, 3.8) is 0 Å². The van der Waals surface area contributed by atoms with E-state index in [-0.39, 0.29) is 0 Å². The van der Waals surface area contributed by atoms with Gasteiger partial charge in [0.2, 0.25) is 0 Å². The smallest absolute Gasteiger partial charge is 0.197 e. The van der Waals surface area contributed by atoms with E-state index in [0.29, 0.717) is 0 Å². The fourth-order valence-corrected chi connectivity index (χ4v) is 1.59. The Balaban J connectivity index is 2.88. The molecule has 1 N–H and O–H groups in total. The van der Waals surface area contributed by atoms with Crippen LogP contribution < -0.4 is 5.32 Å². The van der Waals surface area contributed by atoms with Crippen LogP contribution in [0.15, 0.2) is 40.6 Å². The van der Waals surface area contributed by atoms with Gasteiger partial charge in [0.15, 0.2) is 5.96 Å². The lowest BCUT2D eigenvalue weighted by atomic mass is 10.1. The number of nitrogens with one attached hydrogen (secondary N) is 1. The monoisotopic (exact) mass is 205 g/mol. The summed E-state index contributed by atoms with van der Waals surface area (Å²) in [6, 6.07) is 0. The number of hydrogen-bond donors (Lipinski definition) is 1. The van der Waals surface area contributed by atoms with E-state index in [1.165, 1.54) is 11.3 Å². The van der Waals surface area contributed by atoms with E-state index >= 15 is 0 Å². The SMILES string of the molecule is CN=C(NC)N(C)C(C)=C1C=CC=CC1. The van der Waals surface area contributed by atoms with E-state index in [2.05, 4.69) is 46.4 Å². The highest BCUT2D eigenvalue weighted by Crippen LogP contribution is 2.17. The van der Waals surface area contributed by atoms with Gasteiger partial charge in [-0.2, -0.15) is 0 Å². The summed E-state index contributed by atoms with van der Waals surface area (Å²) in [6.07, 6.45) is 9.44. The first-order chi connectivity index (χ1) is 7.20. The Morgan fingerprint density at radius 2 is 2.20 bits per heavy atom. The van der Waals surface area contributed by atoms with Crippen molar-refractivity contribution in [3.05, 3.63) is 35.6 Å². The lowest BCUT2D eigenvalue weighted by Gasteiger charge is -2.23. The summed E-state index contributed by atoms with van der Waals surface area (Å²) < 4.78 is 0. The number of rotatable bonds is 1. The van der Waals surface area contributed by atoms with Gasteiger partial charge in [-0.15, -0.1) is 0 Å². The van der Waals surface area contributed by atoms with E-state index in [0.717, 1.165) is 12.4 Å². The van der Waals surface area contributed by atoms with Gasteiger partial charge in [-0.05, 0) is 18.9 Å². The van der Waals surface area contributed by atoms with Crippen molar-refractivity contribution >= 4 is 5.96 Å². The van der Waals surface area contributed by atoms with E-state index < -0.39 is 0 Å². The molecule has 82 valence electrons. The molecule has 3 nitrogen and oxygen atoms in total. The molecule has 0 saturated heterocycles. The standard InChI is InChI=1S/C12H19N3/c1-10(11-8-6-5-7-9-11)15(4)12(13-2)14-3/h5-8H,9H2,1-4H3,(H,13,14). The van der Waals surface area contributed by atoms with Gasteiger partial charge in [0.25, 0.3) is 0 Å². The van der Waals surface area contributed by atoms with Crippen LogP contribution in [0, 0.1) is 0 Å². The van der Waals surface area contributed by atoms with Crippen molar-refractivity contribution in [2.75, 3.05) is 21.1 Å². The number of hydrogen-bond acceptors (Lipinski definition) is 1. The van der Waals surface area contributed by atoms with Crippen LogP contribution in [0.1, 0.15) is 13.3 Å². The molecule has 0 spiro atoms. The summed E-state index contributed by atoms with van der Waals surface area (Å²) in [7, 11) is 5.69. The normalized spacial score (nSPS) is 19.1. The number of nitrogens with zero attached hydrogens (tertiary/aromatic N) is 2. The van der Waals surface area contributed by atoms with Gasteiger partial charge in [-0.3, -0.25) is 4.99 Å². The lowest BCUT2D eigenvalue weighted by Crippen LogP contribution is -2.35. The minimum atomic E-state index is 0.878. The molecule has 0 saturated carbocycles. The highest BCUT2D eigenvalue weighted by Gasteiger charge is 2.09. The quantitative estimate of drug-likeness (QED) is 0.523. The summed E-state index contributed by atoms with van der Waals surface area (Å²) in [4.78, 5) is 6.25. The molecule has 0 fully saturated rings. The maximum atomic E-state index is 4.18. The second-order valence-electron chi connectivity index (χ2n) is 3.46. The third-order valence-corrected chi connectivity index (χ3v) is 2.60.